The average Bonchev–Trinajstić information content (AvgIpc) is 2.81. The van der Waals surface area contributed by atoms with Crippen LogP contribution in [0.2, 0.25) is 0 Å². The van der Waals surface area contributed by atoms with Crippen molar-refractivity contribution in [2.45, 2.75) is 38.8 Å². The average molecular weight is 258 g/mol. The number of methoxy groups -OCH3 is 1. The molecule has 0 aromatic heterocycles. The summed E-state index contributed by atoms with van der Waals surface area (Å²) in [5.41, 5.74) is 0. The third-order valence-corrected chi connectivity index (χ3v) is 2.96. The van der Waals surface area contributed by atoms with Gasteiger partial charge in [-0.2, -0.15) is 0 Å². The first kappa shape index (κ1) is 15.4. The van der Waals surface area contributed by atoms with Crippen LogP contribution in [0.1, 0.15) is 26.7 Å². The molecule has 1 rings (SSSR count). The van der Waals surface area contributed by atoms with Gasteiger partial charge in [0, 0.05) is 33.4 Å². The number of rotatable bonds is 8. The van der Waals surface area contributed by atoms with Gasteiger partial charge < -0.3 is 20.1 Å². The molecule has 18 heavy (non-hydrogen) atoms. The van der Waals surface area contributed by atoms with Gasteiger partial charge >= 0.3 is 0 Å². The van der Waals surface area contributed by atoms with Gasteiger partial charge in [-0.15, -0.1) is 0 Å². The Labute approximate surface area is 110 Å². The lowest BCUT2D eigenvalue weighted by Gasteiger charge is -2.11. The monoisotopic (exact) mass is 258 g/mol. The van der Waals surface area contributed by atoms with Crippen molar-refractivity contribution in [1.82, 2.24) is 10.6 Å². The zero-order valence-corrected chi connectivity index (χ0v) is 11.7. The van der Waals surface area contributed by atoms with E-state index in [1.54, 1.807) is 7.11 Å². The summed E-state index contributed by atoms with van der Waals surface area (Å²) in [6.07, 6.45) is 1.78. The number of nitrogens with one attached hydrogen (secondary N) is 2. The van der Waals surface area contributed by atoms with E-state index in [1.807, 2.05) is 0 Å². The Hall–Kier alpha value is -0.650. The summed E-state index contributed by atoms with van der Waals surface area (Å²) in [7, 11) is 1.68. The number of hydrogen-bond donors (Lipinski definition) is 2. The number of carbonyl (C=O) groups is 1. The maximum atomic E-state index is 11.8. The van der Waals surface area contributed by atoms with E-state index in [4.69, 9.17) is 9.47 Å². The summed E-state index contributed by atoms with van der Waals surface area (Å²) in [6, 6.07) is -0.105. The Balaban J connectivity index is 2.00. The molecule has 1 amide bonds. The van der Waals surface area contributed by atoms with Gasteiger partial charge in [0.05, 0.1) is 12.1 Å². The molecule has 1 aliphatic rings. The van der Waals surface area contributed by atoms with Crippen molar-refractivity contribution in [3.63, 3.8) is 0 Å². The van der Waals surface area contributed by atoms with Crippen LogP contribution in [0.15, 0.2) is 0 Å². The van der Waals surface area contributed by atoms with Gasteiger partial charge in [-0.05, 0) is 18.8 Å². The van der Waals surface area contributed by atoms with Crippen molar-refractivity contribution in [1.29, 1.82) is 0 Å². The zero-order chi connectivity index (χ0) is 13.4. The topological polar surface area (TPSA) is 59.6 Å². The van der Waals surface area contributed by atoms with Gasteiger partial charge in [0.1, 0.15) is 0 Å². The van der Waals surface area contributed by atoms with Crippen LogP contribution in [0.3, 0.4) is 0 Å². The molecule has 0 saturated carbocycles. The number of carbonyl (C=O) groups excluding carboxylic acids is 1. The predicted molar refractivity (Wildman–Crippen MR) is 70.5 cm³/mol. The van der Waals surface area contributed by atoms with E-state index in [-0.39, 0.29) is 18.1 Å². The molecule has 0 aromatic rings. The highest BCUT2D eigenvalue weighted by Gasteiger charge is 2.28. The maximum absolute atomic E-state index is 11.8. The Morgan fingerprint density at radius 1 is 1.50 bits per heavy atom. The number of ether oxygens (including phenoxy) is 2. The van der Waals surface area contributed by atoms with E-state index < -0.39 is 0 Å². The second-order valence-corrected chi connectivity index (χ2v) is 5.17. The molecule has 1 aliphatic heterocycles. The molecule has 0 aliphatic carbocycles. The van der Waals surface area contributed by atoms with Crippen molar-refractivity contribution >= 4 is 5.91 Å². The van der Waals surface area contributed by atoms with Crippen molar-refractivity contribution in [3.8, 4) is 0 Å². The van der Waals surface area contributed by atoms with Crippen LogP contribution in [0.4, 0.5) is 0 Å². The minimum absolute atomic E-state index is 0.0680. The van der Waals surface area contributed by atoms with Gasteiger partial charge in [-0.1, -0.05) is 13.8 Å². The van der Waals surface area contributed by atoms with E-state index in [2.05, 4.69) is 24.5 Å². The number of amides is 1. The summed E-state index contributed by atoms with van der Waals surface area (Å²) in [4.78, 5) is 11.8. The smallest absolute Gasteiger partial charge is 0.237 e. The van der Waals surface area contributed by atoms with Crippen molar-refractivity contribution in [3.05, 3.63) is 0 Å². The minimum atomic E-state index is -0.105. The van der Waals surface area contributed by atoms with E-state index in [1.165, 1.54) is 0 Å². The summed E-state index contributed by atoms with van der Waals surface area (Å²) >= 11 is 0. The van der Waals surface area contributed by atoms with Gasteiger partial charge in [0.15, 0.2) is 0 Å². The van der Waals surface area contributed by atoms with Crippen LogP contribution in [-0.2, 0) is 14.3 Å². The van der Waals surface area contributed by atoms with E-state index >= 15 is 0 Å². The molecule has 1 fully saturated rings. The molecule has 0 bridgehead atoms. The van der Waals surface area contributed by atoms with Crippen LogP contribution in [-0.4, -0.2) is 51.5 Å². The first-order chi connectivity index (χ1) is 8.63. The zero-order valence-electron chi connectivity index (χ0n) is 11.7. The van der Waals surface area contributed by atoms with Crippen LogP contribution in [0.5, 0.6) is 0 Å². The van der Waals surface area contributed by atoms with E-state index in [9.17, 15) is 4.79 Å². The quantitative estimate of drug-likeness (QED) is 0.624. The normalized spacial score (nSPS) is 23.6. The number of hydrogen-bond acceptors (Lipinski definition) is 4. The molecule has 0 radical (unpaired) electrons. The van der Waals surface area contributed by atoms with E-state index in [0.717, 1.165) is 26.0 Å². The summed E-state index contributed by atoms with van der Waals surface area (Å²) in [5, 5.41) is 6.08. The van der Waals surface area contributed by atoms with Crippen molar-refractivity contribution < 1.29 is 14.3 Å². The lowest BCUT2D eigenvalue weighted by Crippen LogP contribution is -2.40. The standard InChI is InChI=1S/C13H26N2O3/c1-10(2)9-18-6-4-5-14-13(16)12-7-11(17-3)8-15-12/h10-12,15H,4-9H2,1-3H3,(H,14,16). The molecule has 1 saturated heterocycles. The molecule has 0 spiro atoms. The summed E-state index contributed by atoms with van der Waals surface area (Å²) in [5.74, 6) is 0.631. The Kier molecular flexibility index (Phi) is 7.23. The largest absolute Gasteiger partial charge is 0.381 e. The Bertz CT molecular complexity index is 246. The van der Waals surface area contributed by atoms with Crippen molar-refractivity contribution in [2.75, 3.05) is 33.4 Å². The highest BCUT2D eigenvalue weighted by molar-refractivity contribution is 5.82. The third-order valence-electron chi connectivity index (χ3n) is 2.96. The van der Waals surface area contributed by atoms with Crippen LogP contribution >= 0.6 is 0 Å². The van der Waals surface area contributed by atoms with Gasteiger partial charge in [-0.3, -0.25) is 4.79 Å². The fraction of sp³-hybridized carbons (Fsp3) is 0.923. The first-order valence-corrected chi connectivity index (χ1v) is 6.75. The highest BCUT2D eigenvalue weighted by atomic mass is 16.5. The maximum Gasteiger partial charge on any atom is 0.237 e. The van der Waals surface area contributed by atoms with Gasteiger partial charge in [0.2, 0.25) is 5.91 Å². The molecule has 5 nitrogen and oxygen atoms in total. The molecular weight excluding hydrogens is 232 g/mol. The SMILES string of the molecule is COC1CNC(C(=O)NCCCOCC(C)C)C1. The molecule has 5 heteroatoms. The minimum Gasteiger partial charge on any atom is -0.381 e. The third kappa shape index (κ3) is 5.80. The fourth-order valence-electron chi connectivity index (χ4n) is 1.91. The molecular formula is C13H26N2O3. The lowest BCUT2D eigenvalue weighted by molar-refractivity contribution is -0.123. The van der Waals surface area contributed by atoms with Crippen LogP contribution < -0.4 is 10.6 Å². The Morgan fingerprint density at radius 3 is 2.89 bits per heavy atom. The molecule has 0 aromatic carbocycles. The van der Waals surface area contributed by atoms with Crippen molar-refractivity contribution in [2.24, 2.45) is 5.92 Å². The van der Waals surface area contributed by atoms with Gasteiger partial charge in [-0.25, -0.2) is 0 Å². The molecule has 2 N–H and O–H groups in total. The second-order valence-electron chi connectivity index (χ2n) is 5.17. The van der Waals surface area contributed by atoms with Crippen LogP contribution in [0, 0.1) is 5.92 Å². The summed E-state index contributed by atoms with van der Waals surface area (Å²) < 4.78 is 10.7. The molecule has 2 atom stereocenters. The van der Waals surface area contributed by atoms with Gasteiger partial charge in [0.25, 0.3) is 0 Å². The Morgan fingerprint density at radius 2 is 2.28 bits per heavy atom. The van der Waals surface area contributed by atoms with E-state index in [0.29, 0.717) is 19.1 Å². The molecule has 1 heterocycles. The predicted octanol–water partition coefficient (Wildman–Crippen LogP) is 0.542. The summed E-state index contributed by atoms with van der Waals surface area (Å²) in [6.45, 7) is 7.17. The molecule has 2 unspecified atom stereocenters. The fourth-order valence-corrected chi connectivity index (χ4v) is 1.91. The molecule has 106 valence electrons. The second kappa shape index (κ2) is 8.45. The van der Waals surface area contributed by atoms with Crippen LogP contribution in [0.25, 0.3) is 0 Å². The first-order valence-electron chi connectivity index (χ1n) is 6.75. The lowest BCUT2D eigenvalue weighted by atomic mass is 10.2. The highest BCUT2D eigenvalue weighted by Crippen LogP contribution is 2.09.